The normalized spacial score (nSPS) is 10.7. The van der Waals surface area contributed by atoms with Gasteiger partial charge in [0.05, 0.1) is 13.4 Å². The maximum atomic E-state index is 12.9. The average Bonchev–Trinajstić information content (AvgIpc) is 3.20. The van der Waals surface area contributed by atoms with E-state index in [0.29, 0.717) is 35.3 Å². The van der Waals surface area contributed by atoms with Gasteiger partial charge in [-0.3, -0.25) is 4.79 Å². The molecule has 146 valence electrons. The molecule has 3 aromatic rings. The largest absolute Gasteiger partial charge is 0.496 e. The Bertz CT molecular complexity index is 954. The van der Waals surface area contributed by atoms with E-state index < -0.39 is 0 Å². The van der Waals surface area contributed by atoms with Crippen molar-refractivity contribution in [2.24, 2.45) is 0 Å². The van der Waals surface area contributed by atoms with Crippen LogP contribution in [0.25, 0.3) is 0 Å². The van der Waals surface area contributed by atoms with E-state index in [1.54, 1.807) is 36.3 Å². The van der Waals surface area contributed by atoms with Gasteiger partial charge in [0.2, 0.25) is 0 Å². The van der Waals surface area contributed by atoms with Crippen LogP contribution in [0.15, 0.2) is 59.2 Å². The second-order valence-corrected chi connectivity index (χ2v) is 7.34. The molecular formula is C22H21Cl2NO3. The van der Waals surface area contributed by atoms with Crippen molar-refractivity contribution in [2.75, 3.05) is 13.7 Å². The van der Waals surface area contributed by atoms with Gasteiger partial charge in [-0.15, -0.1) is 0 Å². The lowest BCUT2D eigenvalue weighted by Gasteiger charge is -2.23. The molecule has 4 nitrogen and oxygen atoms in total. The summed E-state index contributed by atoms with van der Waals surface area (Å²) in [7, 11) is 1.64. The number of furan rings is 1. The molecule has 0 aliphatic carbocycles. The average molecular weight is 418 g/mol. The van der Waals surface area contributed by atoms with Crippen LogP contribution in [0, 0.1) is 6.92 Å². The van der Waals surface area contributed by atoms with Crippen LogP contribution >= 0.6 is 23.2 Å². The first-order valence-electron chi connectivity index (χ1n) is 8.88. The molecule has 1 heterocycles. The number of benzene rings is 2. The molecule has 0 spiro atoms. The number of halogens is 2. The minimum Gasteiger partial charge on any atom is -0.496 e. The van der Waals surface area contributed by atoms with Gasteiger partial charge in [-0.05, 0) is 60.4 Å². The van der Waals surface area contributed by atoms with Crippen LogP contribution in [0.2, 0.25) is 10.0 Å². The highest BCUT2D eigenvalue weighted by Crippen LogP contribution is 2.23. The Balaban J connectivity index is 1.80. The van der Waals surface area contributed by atoms with E-state index in [0.717, 1.165) is 22.4 Å². The van der Waals surface area contributed by atoms with Gasteiger partial charge >= 0.3 is 0 Å². The minimum atomic E-state index is -0.163. The van der Waals surface area contributed by atoms with E-state index in [1.807, 2.05) is 31.2 Å². The number of amides is 1. The topological polar surface area (TPSA) is 42.7 Å². The Hall–Kier alpha value is -2.43. The summed E-state index contributed by atoms with van der Waals surface area (Å²) in [6.07, 6.45) is 2.11. The van der Waals surface area contributed by atoms with Gasteiger partial charge in [0.25, 0.3) is 5.91 Å². The number of carbonyl (C=O) groups excluding carboxylic acids is 1. The second kappa shape index (κ2) is 9.18. The maximum absolute atomic E-state index is 12.9. The van der Waals surface area contributed by atoms with Crippen molar-refractivity contribution in [3.8, 4) is 5.75 Å². The van der Waals surface area contributed by atoms with E-state index in [2.05, 4.69) is 0 Å². The summed E-state index contributed by atoms with van der Waals surface area (Å²) < 4.78 is 10.6. The van der Waals surface area contributed by atoms with Crippen LogP contribution in [0.3, 0.4) is 0 Å². The Kier molecular flexibility index (Phi) is 6.65. The first-order valence-corrected chi connectivity index (χ1v) is 9.63. The van der Waals surface area contributed by atoms with E-state index >= 15 is 0 Å². The number of ether oxygens (including phenoxy) is 1. The smallest absolute Gasteiger partial charge is 0.289 e. The Morgan fingerprint density at radius 3 is 2.61 bits per heavy atom. The summed E-state index contributed by atoms with van der Waals surface area (Å²) >= 11 is 12.3. The van der Waals surface area contributed by atoms with Crippen LogP contribution in [0.1, 0.15) is 27.2 Å². The first kappa shape index (κ1) is 20.3. The van der Waals surface area contributed by atoms with Crippen molar-refractivity contribution >= 4 is 29.1 Å². The molecule has 1 aromatic heterocycles. The molecule has 1 amide bonds. The Morgan fingerprint density at radius 1 is 1.14 bits per heavy atom. The highest BCUT2D eigenvalue weighted by Gasteiger charge is 2.19. The maximum Gasteiger partial charge on any atom is 0.289 e. The fourth-order valence-corrected chi connectivity index (χ4v) is 3.55. The lowest BCUT2D eigenvalue weighted by Crippen LogP contribution is -2.32. The van der Waals surface area contributed by atoms with E-state index in [-0.39, 0.29) is 5.91 Å². The number of carbonyl (C=O) groups is 1. The lowest BCUT2D eigenvalue weighted by atomic mass is 10.1. The molecule has 0 bridgehead atoms. The van der Waals surface area contributed by atoms with Gasteiger partial charge in [-0.1, -0.05) is 41.4 Å². The molecule has 2 aromatic carbocycles. The zero-order valence-electron chi connectivity index (χ0n) is 15.7. The number of nitrogens with zero attached hydrogens (tertiary/aromatic N) is 1. The third-order valence-corrected chi connectivity index (χ3v) is 5.10. The monoisotopic (exact) mass is 417 g/mol. The number of hydrogen-bond donors (Lipinski definition) is 0. The SMILES string of the molecule is COc1ccc(CN(CCc2ccc(Cl)cc2Cl)C(=O)c2ccco2)cc1C. The fraction of sp³-hybridized carbons (Fsp3) is 0.227. The van der Waals surface area contributed by atoms with Crippen LogP contribution < -0.4 is 4.74 Å². The molecule has 0 unspecified atom stereocenters. The predicted octanol–water partition coefficient (Wildman–Crippen LogP) is 5.79. The van der Waals surface area contributed by atoms with Gasteiger partial charge in [-0.2, -0.15) is 0 Å². The van der Waals surface area contributed by atoms with Gasteiger partial charge in [0, 0.05) is 23.1 Å². The van der Waals surface area contributed by atoms with Gasteiger partial charge in [0.15, 0.2) is 5.76 Å². The van der Waals surface area contributed by atoms with Crippen molar-refractivity contribution in [3.05, 3.63) is 87.3 Å². The van der Waals surface area contributed by atoms with E-state index in [9.17, 15) is 4.79 Å². The van der Waals surface area contributed by atoms with Crippen molar-refractivity contribution < 1.29 is 13.9 Å². The molecule has 6 heteroatoms. The fourth-order valence-electron chi connectivity index (χ4n) is 3.05. The highest BCUT2D eigenvalue weighted by molar-refractivity contribution is 6.35. The van der Waals surface area contributed by atoms with Crippen LogP contribution in [-0.2, 0) is 13.0 Å². The summed E-state index contributed by atoms with van der Waals surface area (Å²) in [6.45, 7) is 2.93. The molecular weight excluding hydrogens is 397 g/mol. The number of rotatable bonds is 7. The summed E-state index contributed by atoms with van der Waals surface area (Å²) in [5.41, 5.74) is 2.97. The van der Waals surface area contributed by atoms with Crippen LogP contribution in [0.5, 0.6) is 5.75 Å². The van der Waals surface area contributed by atoms with Crippen molar-refractivity contribution in [2.45, 2.75) is 19.9 Å². The molecule has 0 saturated heterocycles. The predicted molar refractivity (Wildman–Crippen MR) is 111 cm³/mol. The van der Waals surface area contributed by atoms with Gasteiger partial charge in [-0.25, -0.2) is 0 Å². The molecule has 0 radical (unpaired) electrons. The van der Waals surface area contributed by atoms with Gasteiger partial charge in [0.1, 0.15) is 5.75 Å². The highest BCUT2D eigenvalue weighted by atomic mass is 35.5. The van der Waals surface area contributed by atoms with Crippen molar-refractivity contribution in [1.82, 2.24) is 4.90 Å². The van der Waals surface area contributed by atoms with Crippen molar-refractivity contribution in [1.29, 1.82) is 0 Å². The summed E-state index contributed by atoms with van der Waals surface area (Å²) in [4.78, 5) is 14.7. The number of hydrogen-bond acceptors (Lipinski definition) is 3. The van der Waals surface area contributed by atoms with E-state index in [4.69, 9.17) is 32.4 Å². The van der Waals surface area contributed by atoms with Crippen molar-refractivity contribution in [3.63, 3.8) is 0 Å². The first-order chi connectivity index (χ1) is 13.5. The minimum absolute atomic E-state index is 0.163. The zero-order chi connectivity index (χ0) is 20.1. The third kappa shape index (κ3) is 4.89. The standard InChI is InChI=1S/C22H21Cl2NO3/c1-15-12-16(5-8-20(15)27-2)14-25(22(26)21-4-3-11-28-21)10-9-17-6-7-18(23)13-19(17)24/h3-8,11-13H,9-10,14H2,1-2H3. The molecule has 3 rings (SSSR count). The molecule has 0 aliphatic rings. The van der Waals surface area contributed by atoms with E-state index in [1.165, 1.54) is 6.26 Å². The molecule has 0 N–H and O–H groups in total. The second-order valence-electron chi connectivity index (χ2n) is 6.49. The molecule has 0 atom stereocenters. The lowest BCUT2D eigenvalue weighted by molar-refractivity contribution is 0.0713. The third-order valence-electron chi connectivity index (χ3n) is 4.52. The molecule has 0 aliphatic heterocycles. The summed E-state index contributed by atoms with van der Waals surface area (Å²) in [5, 5.41) is 1.18. The molecule has 0 saturated carbocycles. The summed E-state index contributed by atoms with van der Waals surface area (Å²) in [6, 6.07) is 14.7. The van der Waals surface area contributed by atoms with Crippen LogP contribution in [-0.4, -0.2) is 24.5 Å². The number of methoxy groups -OCH3 is 1. The zero-order valence-corrected chi connectivity index (χ0v) is 17.3. The summed E-state index contributed by atoms with van der Waals surface area (Å²) in [5.74, 6) is 0.969. The van der Waals surface area contributed by atoms with Crippen LogP contribution in [0.4, 0.5) is 0 Å². The Morgan fingerprint density at radius 2 is 1.96 bits per heavy atom. The number of aryl methyl sites for hydroxylation is 1. The molecule has 0 fully saturated rings. The molecule has 28 heavy (non-hydrogen) atoms. The quantitative estimate of drug-likeness (QED) is 0.488. The Labute approximate surface area is 174 Å². The van der Waals surface area contributed by atoms with Gasteiger partial charge < -0.3 is 14.1 Å².